The molecule has 0 rings (SSSR count). The molecule has 0 aromatic rings. The number of aliphatic hydroxyl groups excluding tert-OH is 1. The molecular formula is C11H16O5. The van der Waals surface area contributed by atoms with Crippen LogP contribution in [0, 0.1) is 5.41 Å². The highest BCUT2D eigenvalue weighted by Crippen LogP contribution is 2.30. The van der Waals surface area contributed by atoms with Crippen molar-refractivity contribution in [2.75, 3.05) is 0 Å². The number of aliphatic hydroxyl groups is 1. The summed E-state index contributed by atoms with van der Waals surface area (Å²) >= 11 is 0. The van der Waals surface area contributed by atoms with Crippen LogP contribution in [0.4, 0.5) is 0 Å². The van der Waals surface area contributed by atoms with Crippen molar-refractivity contribution >= 4 is 11.9 Å². The van der Waals surface area contributed by atoms with Crippen LogP contribution in [0.25, 0.3) is 0 Å². The van der Waals surface area contributed by atoms with E-state index in [1.54, 1.807) is 6.92 Å². The zero-order chi connectivity index (χ0) is 12.8. The third-order valence-corrected chi connectivity index (χ3v) is 2.46. The van der Waals surface area contributed by atoms with Gasteiger partial charge in [0.05, 0.1) is 6.10 Å². The minimum atomic E-state index is -1.14. The fourth-order valence-electron chi connectivity index (χ4n) is 1.32. The molecule has 0 bridgehead atoms. The molecule has 0 heterocycles. The van der Waals surface area contributed by atoms with E-state index in [4.69, 9.17) is 10.2 Å². The van der Waals surface area contributed by atoms with Gasteiger partial charge in [-0.15, -0.1) is 0 Å². The highest BCUT2D eigenvalue weighted by atomic mass is 16.4. The van der Waals surface area contributed by atoms with Gasteiger partial charge in [-0.3, -0.25) is 0 Å². The highest BCUT2D eigenvalue weighted by molar-refractivity contribution is 5.81. The van der Waals surface area contributed by atoms with Gasteiger partial charge < -0.3 is 15.3 Å². The van der Waals surface area contributed by atoms with Gasteiger partial charge in [-0.05, 0) is 13.3 Å². The largest absolute Gasteiger partial charge is 0.478 e. The molecular weight excluding hydrogens is 212 g/mol. The van der Waals surface area contributed by atoms with Gasteiger partial charge in [0.15, 0.2) is 0 Å². The summed E-state index contributed by atoms with van der Waals surface area (Å²) in [5, 5.41) is 26.6. The zero-order valence-electron chi connectivity index (χ0n) is 9.25. The Hall–Kier alpha value is -1.62. The average Bonchev–Trinajstić information content (AvgIpc) is 2.17. The molecule has 1 unspecified atom stereocenters. The van der Waals surface area contributed by atoms with Gasteiger partial charge >= 0.3 is 11.9 Å². The van der Waals surface area contributed by atoms with E-state index in [1.165, 1.54) is 19.1 Å². The van der Waals surface area contributed by atoms with Crippen LogP contribution in [0.3, 0.4) is 0 Å². The molecule has 0 aromatic heterocycles. The maximum absolute atomic E-state index is 10.4. The molecule has 1 atom stereocenters. The zero-order valence-corrected chi connectivity index (χ0v) is 9.25. The van der Waals surface area contributed by atoms with Gasteiger partial charge in [-0.2, -0.15) is 0 Å². The first-order chi connectivity index (χ1) is 7.34. The predicted molar refractivity (Wildman–Crippen MR) is 58.0 cm³/mol. The first-order valence-electron chi connectivity index (χ1n) is 4.86. The van der Waals surface area contributed by atoms with E-state index in [2.05, 4.69) is 0 Å². The van der Waals surface area contributed by atoms with Crippen LogP contribution in [0.2, 0.25) is 0 Å². The van der Waals surface area contributed by atoms with Gasteiger partial charge in [0.25, 0.3) is 0 Å². The first kappa shape index (κ1) is 14.4. The van der Waals surface area contributed by atoms with Crippen LogP contribution in [-0.2, 0) is 9.59 Å². The number of aliphatic carboxylic acids is 2. The normalized spacial score (nSPS) is 17.4. The quantitative estimate of drug-likeness (QED) is 0.590. The number of hydrogen-bond donors (Lipinski definition) is 3. The van der Waals surface area contributed by atoms with Crippen LogP contribution in [0.5, 0.6) is 0 Å². The Kier molecular flexibility index (Phi) is 5.46. The van der Waals surface area contributed by atoms with Crippen molar-refractivity contribution in [1.82, 2.24) is 0 Å². The van der Waals surface area contributed by atoms with Crippen molar-refractivity contribution in [3.05, 3.63) is 24.3 Å². The van der Waals surface area contributed by atoms with Crippen LogP contribution < -0.4 is 0 Å². The predicted octanol–water partition coefficient (Wildman–Crippen LogP) is 1.05. The Labute approximate surface area is 93.7 Å². The SMILES string of the molecule is CCC(C=CC(=O)O)(C=CC(=O)O)C(C)O. The Bertz CT molecular complexity index is 290. The molecule has 0 fully saturated rings. The lowest BCUT2D eigenvalue weighted by Gasteiger charge is -2.28. The molecule has 0 aromatic carbocycles. The third-order valence-electron chi connectivity index (χ3n) is 2.46. The van der Waals surface area contributed by atoms with E-state index < -0.39 is 23.5 Å². The molecule has 0 radical (unpaired) electrons. The lowest BCUT2D eigenvalue weighted by atomic mass is 9.79. The summed E-state index contributed by atoms with van der Waals surface area (Å²) in [4.78, 5) is 20.8. The molecule has 16 heavy (non-hydrogen) atoms. The van der Waals surface area contributed by atoms with Gasteiger partial charge in [0.1, 0.15) is 0 Å². The van der Waals surface area contributed by atoms with E-state index in [0.717, 1.165) is 12.2 Å². The van der Waals surface area contributed by atoms with E-state index in [0.29, 0.717) is 6.42 Å². The second kappa shape index (κ2) is 6.07. The van der Waals surface area contributed by atoms with Crippen LogP contribution in [0.15, 0.2) is 24.3 Å². The molecule has 0 saturated carbocycles. The van der Waals surface area contributed by atoms with E-state index >= 15 is 0 Å². The van der Waals surface area contributed by atoms with Crippen molar-refractivity contribution < 1.29 is 24.9 Å². The van der Waals surface area contributed by atoms with Crippen molar-refractivity contribution in [3.63, 3.8) is 0 Å². The lowest BCUT2D eigenvalue weighted by molar-refractivity contribution is -0.132. The molecule has 3 N–H and O–H groups in total. The molecule has 5 nitrogen and oxygen atoms in total. The minimum Gasteiger partial charge on any atom is -0.478 e. The molecule has 0 aliphatic heterocycles. The van der Waals surface area contributed by atoms with Crippen molar-refractivity contribution in [2.24, 2.45) is 5.41 Å². The Balaban J connectivity index is 5.15. The maximum Gasteiger partial charge on any atom is 0.328 e. The topological polar surface area (TPSA) is 94.8 Å². The Morgan fingerprint density at radius 3 is 1.75 bits per heavy atom. The molecule has 0 aliphatic carbocycles. The molecule has 0 spiro atoms. The van der Waals surface area contributed by atoms with Crippen LogP contribution in [0.1, 0.15) is 20.3 Å². The lowest BCUT2D eigenvalue weighted by Crippen LogP contribution is -2.28. The second-order valence-electron chi connectivity index (χ2n) is 3.49. The number of carboxylic acid groups (broad SMARTS) is 2. The number of carbonyl (C=O) groups is 2. The van der Waals surface area contributed by atoms with E-state index in [-0.39, 0.29) is 0 Å². The first-order valence-corrected chi connectivity index (χ1v) is 4.86. The molecule has 90 valence electrons. The Morgan fingerprint density at radius 2 is 1.56 bits per heavy atom. The van der Waals surface area contributed by atoms with Crippen LogP contribution >= 0.6 is 0 Å². The number of hydrogen-bond acceptors (Lipinski definition) is 3. The van der Waals surface area contributed by atoms with Gasteiger partial charge in [-0.25, -0.2) is 9.59 Å². The van der Waals surface area contributed by atoms with E-state index in [9.17, 15) is 14.7 Å². The molecule has 0 amide bonds. The second-order valence-corrected chi connectivity index (χ2v) is 3.49. The van der Waals surface area contributed by atoms with Crippen molar-refractivity contribution in [2.45, 2.75) is 26.4 Å². The Morgan fingerprint density at radius 1 is 1.19 bits per heavy atom. The smallest absolute Gasteiger partial charge is 0.328 e. The van der Waals surface area contributed by atoms with Gasteiger partial charge in [0.2, 0.25) is 0 Å². The summed E-state index contributed by atoms with van der Waals surface area (Å²) < 4.78 is 0. The summed E-state index contributed by atoms with van der Waals surface area (Å²) in [5.74, 6) is -2.27. The van der Waals surface area contributed by atoms with Crippen molar-refractivity contribution in [3.8, 4) is 0 Å². The highest BCUT2D eigenvalue weighted by Gasteiger charge is 2.28. The summed E-state index contributed by atoms with van der Waals surface area (Å²) in [5.41, 5.74) is -0.962. The summed E-state index contributed by atoms with van der Waals surface area (Å²) in [6.45, 7) is 3.23. The fraction of sp³-hybridized carbons (Fsp3) is 0.455. The maximum atomic E-state index is 10.4. The minimum absolute atomic E-state index is 0.401. The fourth-order valence-corrected chi connectivity index (χ4v) is 1.32. The summed E-state index contributed by atoms with van der Waals surface area (Å²) in [7, 11) is 0. The monoisotopic (exact) mass is 228 g/mol. The average molecular weight is 228 g/mol. The summed E-state index contributed by atoms with van der Waals surface area (Å²) in [6, 6.07) is 0. The number of rotatable bonds is 6. The summed E-state index contributed by atoms with van der Waals surface area (Å²) in [6.07, 6.45) is 3.95. The van der Waals surface area contributed by atoms with Crippen LogP contribution in [-0.4, -0.2) is 33.4 Å². The van der Waals surface area contributed by atoms with E-state index in [1.807, 2.05) is 0 Å². The molecule has 5 heteroatoms. The molecule has 0 saturated heterocycles. The standard InChI is InChI=1S/C11H16O5/c1-3-11(8(2)12,6-4-9(13)14)7-5-10(15)16/h4-8,12H,3H2,1-2H3,(H,13,14)(H,15,16). The van der Waals surface area contributed by atoms with Crippen molar-refractivity contribution in [1.29, 1.82) is 0 Å². The molecule has 0 aliphatic rings. The van der Waals surface area contributed by atoms with Gasteiger partial charge in [0, 0.05) is 17.6 Å². The third kappa shape index (κ3) is 4.27. The van der Waals surface area contributed by atoms with Gasteiger partial charge in [-0.1, -0.05) is 19.1 Å². The number of carboxylic acids is 2.